The van der Waals surface area contributed by atoms with Crippen LogP contribution in [0, 0.1) is 0 Å². The highest BCUT2D eigenvalue weighted by Crippen LogP contribution is 2.38. The summed E-state index contributed by atoms with van der Waals surface area (Å²) >= 11 is 0. The molecule has 1 aliphatic rings. The molecular weight excluding hydrogens is 268 g/mol. The van der Waals surface area contributed by atoms with Crippen LogP contribution in [0.2, 0.25) is 0 Å². The van der Waals surface area contributed by atoms with E-state index >= 15 is 0 Å². The summed E-state index contributed by atoms with van der Waals surface area (Å²) in [6, 6.07) is 21.7. The first kappa shape index (κ1) is 13.2. The summed E-state index contributed by atoms with van der Waals surface area (Å²) in [5.41, 5.74) is 5.03. The van der Waals surface area contributed by atoms with Gasteiger partial charge in [0.2, 0.25) is 0 Å². The Hall–Kier alpha value is -2.48. The van der Waals surface area contributed by atoms with Gasteiger partial charge >= 0.3 is 0 Å². The molecule has 0 amide bonds. The molecule has 22 heavy (non-hydrogen) atoms. The van der Waals surface area contributed by atoms with Crippen LogP contribution in [-0.2, 0) is 0 Å². The fourth-order valence-electron chi connectivity index (χ4n) is 3.17. The number of hydrogen-bond acceptors (Lipinski definition) is 2. The summed E-state index contributed by atoms with van der Waals surface area (Å²) in [6.07, 6.45) is 0.113. The SMILES string of the molecule is CC(C)c1ccc(C2Nc3cccc4cccc(c34)N2)cc1. The van der Waals surface area contributed by atoms with E-state index in [1.165, 1.54) is 33.3 Å². The summed E-state index contributed by atoms with van der Waals surface area (Å²) in [5.74, 6) is 0.566. The predicted molar refractivity (Wildman–Crippen MR) is 94.5 cm³/mol. The highest BCUT2D eigenvalue weighted by molar-refractivity contribution is 6.04. The Morgan fingerprint density at radius 1 is 0.773 bits per heavy atom. The number of rotatable bonds is 2. The van der Waals surface area contributed by atoms with Crippen LogP contribution in [0.15, 0.2) is 60.7 Å². The molecule has 2 nitrogen and oxygen atoms in total. The average Bonchev–Trinajstić information content (AvgIpc) is 2.55. The van der Waals surface area contributed by atoms with Crippen molar-refractivity contribution in [2.75, 3.05) is 10.6 Å². The quantitative estimate of drug-likeness (QED) is 0.650. The van der Waals surface area contributed by atoms with E-state index in [0.29, 0.717) is 5.92 Å². The van der Waals surface area contributed by atoms with E-state index in [-0.39, 0.29) is 6.17 Å². The first-order chi connectivity index (χ1) is 10.7. The summed E-state index contributed by atoms with van der Waals surface area (Å²) in [7, 11) is 0. The van der Waals surface area contributed by atoms with Gasteiger partial charge in [-0.2, -0.15) is 0 Å². The second-order valence-electron chi connectivity index (χ2n) is 6.25. The molecule has 3 aromatic carbocycles. The Morgan fingerprint density at radius 3 is 1.91 bits per heavy atom. The van der Waals surface area contributed by atoms with Crippen LogP contribution in [0.1, 0.15) is 37.1 Å². The van der Waals surface area contributed by atoms with E-state index in [4.69, 9.17) is 0 Å². The van der Waals surface area contributed by atoms with Crippen molar-refractivity contribution in [3.8, 4) is 0 Å². The van der Waals surface area contributed by atoms with Gasteiger partial charge in [-0.15, -0.1) is 0 Å². The van der Waals surface area contributed by atoms with Crippen molar-refractivity contribution >= 4 is 22.1 Å². The highest BCUT2D eigenvalue weighted by atomic mass is 15.1. The third kappa shape index (κ3) is 2.12. The summed E-state index contributed by atoms with van der Waals surface area (Å²) in [6.45, 7) is 4.45. The number of nitrogens with one attached hydrogen (secondary N) is 2. The largest absolute Gasteiger partial charge is 0.361 e. The lowest BCUT2D eigenvalue weighted by Gasteiger charge is -2.30. The molecule has 3 aromatic rings. The van der Waals surface area contributed by atoms with Crippen LogP contribution < -0.4 is 10.6 Å². The van der Waals surface area contributed by atoms with E-state index in [1.807, 2.05) is 0 Å². The van der Waals surface area contributed by atoms with Gasteiger partial charge in [-0.25, -0.2) is 0 Å². The highest BCUT2D eigenvalue weighted by Gasteiger charge is 2.19. The van der Waals surface area contributed by atoms with Gasteiger partial charge in [-0.3, -0.25) is 0 Å². The molecule has 1 aliphatic heterocycles. The van der Waals surface area contributed by atoms with Crippen LogP contribution in [0.5, 0.6) is 0 Å². The van der Waals surface area contributed by atoms with Gasteiger partial charge in [-0.05, 0) is 34.6 Å². The molecule has 0 saturated carbocycles. The van der Waals surface area contributed by atoms with Crippen LogP contribution in [0.3, 0.4) is 0 Å². The Bertz CT molecular complexity index is 778. The smallest absolute Gasteiger partial charge is 0.123 e. The molecule has 4 rings (SSSR count). The zero-order valence-electron chi connectivity index (χ0n) is 12.9. The van der Waals surface area contributed by atoms with Crippen molar-refractivity contribution < 1.29 is 0 Å². The van der Waals surface area contributed by atoms with Crippen LogP contribution in [0.4, 0.5) is 11.4 Å². The topological polar surface area (TPSA) is 24.1 Å². The lowest BCUT2D eigenvalue weighted by Crippen LogP contribution is -2.23. The Kier molecular flexibility index (Phi) is 3.04. The maximum absolute atomic E-state index is 3.62. The summed E-state index contributed by atoms with van der Waals surface area (Å²) in [5, 5.41) is 9.78. The zero-order chi connectivity index (χ0) is 15.1. The van der Waals surface area contributed by atoms with E-state index in [0.717, 1.165) is 0 Å². The van der Waals surface area contributed by atoms with Gasteiger partial charge in [0.1, 0.15) is 6.17 Å². The van der Waals surface area contributed by atoms with Gasteiger partial charge in [0, 0.05) is 16.8 Å². The van der Waals surface area contributed by atoms with Crippen LogP contribution >= 0.6 is 0 Å². The van der Waals surface area contributed by atoms with Gasteiger partial charge < -0.3 is 10.6 Å². The van der Waals surface area contributed by atoms with E-state index in [2.05, 4.69) is 85.1 Å². The maximum atomic E-state index is 3.62. The van der Waals surface area contributed by atoms with Crippen molar-refractivity contribution in [2.24, 2.45) is 0 Å². The maximum Gasteiger partial charge on any atom is 0.123 e. The second kappa shape index (κ2) is 5.06. The normalized spacial score (nSPS) is 14.0. The van der Waals surface area contributed by atoms with Gasteiger partial charge in [0.25, 0.3) is 0 Å². The molecule has 0 atom stereocenters. The Labute approximate surface area is 131 Å². The summed E-state index contributed by atoms with van der Waals surface area (Å²) in [4.78, 5) is 0. The van der Waals surface area contributed by atoms with Crippen molar-refractivity contribution in [2.45, 2.75) is 25.9 Å². The van der Waals surface area contributed by atoms with Gasteiger partial charge in [0.15, 0.2) is 0 Å². The third-order valence-electron chi connectivity index (χ3n) is 4.44. The lowest BCUT2D eigenvalue weighted by molar-refractivity contribution is 0.855. The molecule has 0 bridgehead atoms. The number of anilines is 2. The molecule has 0 saturated heterocycles. The predicted octanol–water partition coefficient (Wildman–Crippen LogP) is 5.50. The minimum Gasteiger partial charge on any atom is -0.361 e. The fraction of sp³-hybridized carbons (Fsp3) is 0.200. The van der Waals surface area contributed by atoms with Crippen molar-refractivity contribution in [1.29, 1.82) is 0 Å². The van der Waals surface area contributed by atoms with Gasteiger partial charge in [-0.1, -0.05) is 62.4 Å². The molecule has 1 heterocycles. The first-order valence-electron chi connectivity index (χ1n) is 7.87. The zero-order valence-corrected chi connectivity index (χ0v) is 12.9. The van der Waals surface area contributed by atoms with Crippen molar-refractivity contribution in [3.05, 3.63) is 71.8 Å². The van der Waals surface area contributed by atoms with Crippen molar-refractivity contribution in [3.63, 3.8) is 0 Å². The lowest BCUT2D eigenvalue weighted by atomic mass is 9.99. The van der Waals surface area contributed by atoms with Crippen molar-refractivity contribution in [1.82, 2.24) is 0 Å². The molecule has 0 aliphatic carbocycles. The molecule has 0 unspecified atom stereocenters. The Balaban J connectivity index is 1.72. The third-order valence-corrected chi connectivity index (χ3v) is 4.44. The molecule has 110 valence electrons. The number of hydrogen-bond donors (Lipinski definition) is 2. The average molecular weight is 288 g/mol. The van der Waals surface area contributed by atoms with Crippen LogP contribution in [0.25, 0.3) is 10.8 Å². The second-order valence-corrected chi connectivity index (χ2v) is 6.25. The van der Waals surface area contributed by atoms with E-state index in [1.54, 1.807) is 0 Å². The molecule has 2 N–H and O–H groups in total. The molecule has 0 aromatic heterocycles. The first-order valence-corrected chi connectivity index (χ1v) is 7.87. The Morgan fingerprint density at radius 2 is 1.36 bits per heavy atom. The molecule has 2 heteroatoms. The summed E-state index contributed by atoms with van der Waals surface area (Å²) < 4.78 is 0. The van der Waals surface area contributed by atoms with E-state index < -0.39 is 0 Å². The minimum atomic E-state index is 0.113. The monoisotopic (exact) mass is 288 g/mol. The van der Waals surface area contributed by atoms with Gasteiger partial charge in [0.05, 0.1) is 0 Å². The fourth-order valence-corrected chi connectivity index (χ4v) is 3.17. The molecule has 0 spiro atoms. The molecule has 0 fully saturated rings. The standard InChI is InChI=1S/C20H20N2/c1-13(2)14-9-11-16(12-10-14)20-21-17-7-3-5-15-6-4-8-18(22-20)19(15)17/h3-13,20-22H,1-2H3. The van der Waals surface area contributed by atoms with Crippen LogP contribution in [-0.4, -0.2) is 0 Å². The number of benzene rings is 3. The molecule has 0 radical (unpaired) electrons. The van der Waals surface area contributed by atoms with E-state index in [9.17, 15) is 0 Å². The molecular formula is C20H20N2. The minimum absolute atomic E-state index is 0.113.